The molecule has 8 N–H and O–H groups in total. The minimum Gasteiger partial charge on any atom is -0.370 e. The first-order chi connectivity index (χ1) is 9.65. The fraction of sp³-hybridized carbons (Fsp3) is 0.462. The molecular formula is C13H27ClN4O3S. The normalized spacial score (nSPS) is 9.27. The van der Waals surface area contributed by atoms with Crippen molar-refractivity contribution in [1.29, 1.82) is 5.41 Å². The highest BCUT2D eigenvalue weighted by molar-refractivity contribution is 7.85. The maximum absolute atomic E-state index is 10.5. The van der Waals surface area contributed by atoms with Crippen LogP contribution in [-0.2, 0) is 10.1 Å². The molecule has 1 aromatic rings. The van der Waals surface area contributed by atoms with Crippen molar-refractivity contribution in [3.8, 4) is 0 Å². The summed E-state index contributed by atoms with van der Waals surface area (Å²) in [5.41, 5.74) is 15.1. The molecule has 0 radical (unpaired) electrons. The molecule has 0 aliphatic carbocycles. The quantitative estimate of drug-likeness (QED) is 0.239. The fourth-order valence-electron chi connectivity index (χ4n) is 1.10. The smallest absolute Gasteiger partial charge is 0.294 e. The van der Waals surface area contributed by atoms with E-state index in [4.69, 9.17) is 15.7 Å². The van der Waals surface area contributed by atoms with Gasteiger partial charge in [0.2, 0.25) is 0 Å². The molecule has 0 bridgehead atoms. The van der Waals surface area contributed by atoms with Gasteiger partial charge in [-0.15, -0.1) is 12.4 Å². The lowest BCUT2D eigenvalue weighted by molar-refractivity contribution is 0.483. The fourth-order valence-corrected chi connectivity index (χ4v) is 1.58. The van der Waals surface area contributed by atoms with Crippen LogP contribution >= 0.6 is 12.4 Å². The van der Waals surface area contributed by atoms with E-state index in [1.807, 2.05) is 6.92 Å². The van der Waals surface area contributed by atoms with Crippen molar-refractivity contribution < 1.29 is 13.0 Å². The highest BCUT2D eigenvalue weighted by Gasteiger charge is 2.06. The van der Waals surface area contributed by atoms with E-state index in [0.717, 1.165) is 12.1 Å². The second-order valence-corrected chi connectivity index (χ2v) is 5.66. The minimum atomic E-state index is -4.02. The van der Waals surface area contributed by atoms with Crippen LogP contribution in [0.2, 0.25) is 0 Å². The van der Waals surface area contributed by atoms with E-state index in [1.54, 1.807) is 12.1 Å². The predicted octanol–water partition coefficient (Wildman–Crippen LogP) is 1.64. The van der Waals surface area contributed by atoms with Crippen LogP contribution in [0.25, 0.3) is 0 Å². The molecular weight excluding hydrogens is 328 g/mol. The monoisotopic (exact) mass is 354 g/mol. The van der Waals surface area contributed by atoms with Gasteiger partial charge < -0.3 is 17.2 Å². The molecule has 9 heteroatoms. The lowest BCUT2D eigenvalue weighted by Crippen LogP contribution is -2.20. The Morgan fingerprint density at radius 3 is 1.82 bits per heavy atom. The summed E-state index contributed by atoms with van der Waals surface area (Å²) in [4.78, 5) is -0.0666. The van der Waals surface area contributed by atoms with Crippen molar-refractivity contribution in [2.45, 2.75) is 38.0 Å². The summed E-state index contributed by atoms with van der Waals surface area (Å²) in [6, 6.07) is 5.99. The number of benzene rings is 1. The highest BCUT2D eigenvalue weighted by Crippen LogP contribution is 2.08. The Kier molecular flexibility index (Phi) is 17.0. The molecule has 0 spiro atoms. The highest BCUT2D eigenvalue weighted by atomic mass is 35.5. The van der Waals surface area contributed by atoms with Crippen LogP contribution in [0.4, 0.5) is 0 Å². The maximum atomic E-state index is 10.5. The zero-order chi connectivity index (χ0) is 16.9. The molecule has 0 unspecified atom stereocenters. The molecule has 0 saturated heterocycles. The van der Waals surface area contributed by atoms with E-state index in [-0.39, 0.29) is 23.3 Å². The van der Waals surface area contributed by atoms with Crippen LogP contribution in [0.3, 0.4) is 0 Å². The molecule has 7 nitrogen and oxygen atoms in total. The van der Waals surface area contributed by atoms with Crippen molar-refractivity contribution in [2.24, 2.45) is 17.2 Å². The van der Waals surface area contributed by atoms with Crippen molar-refractivity contribution in [2.75, 3.05) is 6.54 Å². The first-order valence-electron chi connectivity index (χ1n) is 6.48. The minimum absolute atomic E-state index is 0. The van der Waals surface area contributed by atoms with Gasteiger partial charge in [0.15, 0.2) is 5.96 Å². The zero-order valence-corrected chi connectivity index (χ0v) is 14.6. The van der Waals surface area contributed by atoms with Gasteiger partial charge in [0.05, 0.1) is 4.90 Å². The summed E-state index contributed by atoms with van der Waals surface area (Å²) >= 11 is 0. The van der Waals surface area contributed by atoms with Gasteiger partial charge in [-0.25, -0.2) is 0 Å². The van der Waals surface area contributed by atoms with Crippen molar-refractivity contribution in [3.05, 3.63) is 29.8 Å². The van der Waals surface area contributed by atoms with Crippen molar-refractivity contribution >= 4 is 28.5 Å². The number of hydrogen-bond acceptors (Lipinski definition) is 4. The van der Waals surface area contributed by atoms with Gasteiger partial charge in [0, 0.05) is 0 Å². The second kappa shape index (κ2) is 14.6. The molecule has 0 saturated carbocycles. The first kappa shape index (κ1) is 25.6. The Hall–Kier alpha value is -1.35. The molecule has 22 heavy (non-hydrogen) atoms. The molecule has 0 atom stereocenters. The molecule has 0 aromatic heterocycles. The summed E-state index contributed by atoms with van der Waals surface area (Å²) in [5.74, 6) is -0.333. The summed E-state index contributed by atoms with van der Waals surface area (Å²) in [6.07, 6.45) is 3.75. The number of hydrogen-bond donors (Lipinski definition) is 5. The topological polar surface area (TPSA) is 156 Å². The largest absolute Gasteiger partial charge is 0.370 e. The lowest BCUT2D eigenvalue weighted by atomic mass is 10.2. The third-order valence-electron chi connectivity index (χ3n) is 2.13. The Balaban J connectivity index is -0.000000281. The van der Waals surface area contributed by atoms with E-state index in [2.05, 4.69) is 18.4 Å². The van der Waals surface area contributed by atoms with Crippen LogP contribution in [0.15, 0.2) is 29.2 Å². The van der Waals surface area contributed by atoms with Gasteiger partial charge in [-0.3, -0.25) is 9.96 Å². The molecule has 0 amide bonds. The summed E-state index contributed by atoms with van der Waals surface area (Å²) in [5, 5.41) is 6.06. The van der Waals surface area contributed by atoms with E-state index < -0.39 is 10.1 Å². The van der Waals surface area contributed by atoms with Gasteiger partial charge in [0.25, 0.3) is 10.1 Å². The van der Waals surface area contributed by atoms with Gasteiger partial charge in [-0.05, 0) is 32.0 Å². The van der Waals surface area contributed by atoms with Crippen LogP contribution in [0, 0.1) is 12.3 Å². The van der Waals surface area contributed by atoms with E-state index in [1.165, 1.54) is 31.4 Å². The summed E-state index contributed by atoms with van der Waals surface area (Å²) in [6.45, 7) is 4.87. The van der Waals surface area contributed by atoms with Gasteiger partial charge in [0.1, 0.15) is 0 Å². The van der Waals surface area contributed by atoms with Crippen molar-refractivity contribution in [3.63, 3.8) is 0 Å². The molecule has 0 aliphatic heterocycles. The SMILES string of the molecule is CCCCCN.Cc1ccc(S(=O)(=O)O)cc1.Cl.N=C(N)N. The Bertz CT molecular complexity index is 485. The van der Waals surface area contributed by atoms with Gasteiger partial charge in [-0.1, -0.05) is 37.5 Å². The van der Waals surface area contributed by atoms with Gasteiger partial charge in [-0.2, -0.15) is 8.42 Å². The summed E-state index contributed by atoms with van der Waals surface area (Å²) in [7, 11) is -4.02. The van der Waals surface area contributed by atoms with Crippen LogP contribution in [0.1, 0.15) is 31.7 Å². The maximum Gasteiger partial charge on any atom is 0.294 e. The number of guanidine groups is 1. The second-order valence-electron chi connectivity index (χ2n) is 4.24. The van der Waals surface area contributed by atoms with Crippen LogP contribution in [0.5, 0.6) is 0 Å². The zero-order valence-electron chi connectivity index (χ0n) is 13.0. The number of aryl methyl sites for hydroxylation is 1. The van der Waals surface area contributed by atoms with E-state index in [0.29, 0.717) is 0 Å². The van der Waals surface area contributed by atoms with Crippen LogP contribution < -0.4 is 17.2 Å². The molecule has 0 heterocycles. The Morgan fingerprint density at radius 1 is 1.18 bits per heavy atom. The van der Waals surface area contributed by atoms with Gasteiger partial charge >= 0.3 is 0 Å². The summed E-state index contributed by atoms with van der Waals surface area (Å²) < 4.78 is 29.6. The van der Waals surface area contributed by atoms with E-state index in [9.17, 15) is 8.42 Å². The number of nitrogens with two attached hydrogens (primary N) is 3. The van der Waals surface area contributed by atoms with Crippen LogP contribution in [-0.4, -0.2) is 25.5 Å². The number of rotatable bonds is 4. The molecule has 1 rings (SSSR count). The lowest BCUT2D eigenvalue weighted by Gasteiger charge is -1.95. The Morgan fingerprint density at radius 2 is 1.59 bits per heavy atom. The Labute approximate surface area is 138 Å². The average molecular weight is 355 g/mol. The first-order valence-corrected chi connectivity index (χ1v) is 7.92. The third kappa shape index (κ3) is 18.7. The number of nitrogens with one attached hydrogen (secondary N) is 1. The van der Waals surface area contributed by atoms with E-state index >= 15 is 0 Å². The molecule has 0 aliphatic rings. The standard InChI is InChI=1S/C7H8O3S.C5H13N.CH5N3.ClH/c1-6-2-4-7(5-3-6)11(8,9)10;1-2-3-4-5-6;2-1(3)4;/h2-5H,1H3,(H,8,9,10);2-6H2,1H3;(H5,2,3,4);1H. The predicted molar refractivity (Wildman–Crippen MR) is 92.9 cm³/mol. The molecule has 1 aromatic carbocycles. The number of unbranched alkanes of at least 4 members (excludes halogenated alkanes) is 2. The third-order valence-corrected chi connectivity index (χ3v) is 2.99. The average Bonchev–Trinajstić information content (AvgIpc) is 2.36. The molecule has 130 valence electrons. The molecule has 0 fully saturated rings. The number of halogens is 1. The van der Waals surface area contributed by atoms with Crippen molar-refractivity contribution in [1.82, 2.24) is 0 Å².